The standard InChI is InChI=1S/C21H22FN3O2/c22-17-8-2-1-6-15(17)11-12-23-21(26)25-13-5-7-16(14-25)20-24-18-9-3-4-10-19(18)27-20/h1-4,6,8-10,16H,5,7,11-14H2,(H,23,26)/t16-/m1/s1. The lowest BCUT2D eigenvalue weighted by atomic mass is 9.98. The van der Waals surface area contributed by atoms with Crippen molar-refractivity contribution in [3.63, 3.8) is 0 Å². The number of hydrogen-bond acceptors (Lipinski definition) is 3. The zero-order valence-corrected chi connectivity index (χ0v) is 15.0. The number of carbonyl (C=O) groups is 1. The highest BCUT2D eigenvalue weighted by molar-refractivity contribution is 5.74. The van der Waals surface area contributed by atoms with E-state index in [4.69, 9.17) is 4.42 Å². The number of piperidine rings is 1. The van der Waals surface area contributed by atoms with Gasteiger partial charge in [-0.15, -0.1) is 0 Å². The number of amides is 2. The first-order valence-corrected chi connectivity index (χ1v) is 9.32. The van der Waals surface area contributed by atoms with E-state index in [1.54, 1.807) is 23.1 Å². The van der Waals surface area contributed by atoms with Gasteiger partial charge in [0, 0.05) is 19.6 Å². The number of para-hydroxylation sites is 2. The highest BCUT2D eigenvalue weighted by Crippen LogP contribution is 2.28. The van der Waals surface area contributed by atoms with Gasteiger partial charge in [-0.2, -0.15) is 0 Å². The minimum atomic E-state index is -0.235. The van der Waals surface area contributed by atoms with Crippen LogP contribution in [0.1, 0.15) is 30.2 Å². The molecule has 3 aromatic rings. The van der Waals surface area contributed by atoms with E-state index in [9.17, 15) is 9.18 Å². The summed E-state index contributed by atoms with van der Waals surface area (Å²) in [5.74, 6) is 0.560. The van der Waals surface area contributed by atoms with Gasteiger partial charge in [0.15, 0.2) is 11.5 Å². The van der Waals surface area contributed by atoms with Gasteiger partial charge < -0.3 is 14.6 Å². The largest absolute Gasteiger partial charge is 0.440 e. The fourth-order valence-electron chi connectivity index (χ4n) is 3.54. The molecule has 2 amide bonds. The Morgan fingerprint density at radius 1 is 1.22 bits per heavy atom. The minimum absolute atomic E-state index is 0.100. The number of halogens is 1. The van der Waals surface area contributed by atoms with Crippen molar-refractivity contribution in [2.75, 3.05) is 19.6 Å². The van der Waals surface area contributed by atoms with Gasteiger partial charge in [0.2, 0.25) is 0 Å². The minimum Gasteiger partial charge on any atom is -0.440 e. The van der Waals surface area contributed by atoms with E-state index in [-0.39, 0.29) is 17.8 Å². The van der Waals surface area contributed by atoms with Crippen LogP contribution in [0.2, 0.25) is 0 Å². The number of likely N-dealkylation sites (tertiary alicyclic amines) is 1. The number of urea groups is 1. The molecule has 1 aromatic heterocycles. The molecule has 0 unspecified atom stereocenters. The van der Waals surface area contributed by atoms with Crippen LogP contribution in [-0.4, -0.2) is 35.5 Å². The number of nitrogens with one attached hydrogen (secondary N) is 1. The molecule has 1 aliphatic heterocycles. The lowest BCUT2D eigenvalue weighted by molar-refractivity contribution is 0.175. The third kappa shape index (κ3) is 3.94. The summed E-state index contributed by atoms with van der Waals surface area (Å²) < 4.78 is 19.5. The second-order valence-corrected chi connectivity index (χ2v) is 6.88. The Morgan fingerprint density at radius 3 is 2.89 bits per heavy atom. The number of oxazole rings is 1. The molecule has 4 rings (SSSR count). The monoisotopic (exact) mass is 367 g/mol. The fourth-order valence-corrected chi connectivity index (χ4v) is 3.54. The van der Waals surface area contributed by atoms with Crippen LogP contribution in [0, 0.1) is 5.82 Å². The Labute approximate surface area is 157 Å². The molecular weight excluding hydrogens is 345 g/mol. The van der Waals surface area contributed by atoms with Gasteiger partial charge in [-0.1, -0.05) is 30.3 Å². The van der Waals surface area contributed by atoms with Gasteiger partial charge in [-0.25, -0.2) is 14.2 Å². The predicted molar refractivity (Wildman–Crippen MR) is 101 cm³/mol. The van der Waals surface area contributed by atoms with Crippen molar-refractivity contribution in [3.8, 4) is 0 Å². The summed E-state index contributed by atoms with van der Waals surface area (Å²) in [7, 11) is 0. The summed E-state index contributed by atoms with van der Waals surface area (Å²) in [5, 5.41) is 2.90. The van der Waals surface area contributed by atoms with Crippen LogP contribution in [0.4, 0.5) is 9.18 Å². The van der Waals surface area contributed by atoms with Gasteiger partial charge in [0.05, 0.1) is 5.92 Å². The van der Waals surface area contributed by atoms with Crippen molar-refractivity contribution in [2.24, 2.45) is 0 Å². The second kappa shape index (κ2) is 7.78. The molecule has 0 radical (unpaired) electrons. The Morgan fingerprint density at radius 2 is 2.04 bits per heavy atom. The number of hydrogen-bond donors (Lipinski definition) is 1. The van der Waals surface area contributed by atoms with Gasteiger partial charge in [-0.05, 0) is 43.0 Å². The first-order valence-electron chi connectivity index (χ1n) is 9.32. The lowest BCUT2D eigenvalue weighted by Gasteiger charge is -2.31. The maximum atomic E-state index is 13.7. The smallest absolute Gasteiger partial charge is 0.317 e. The van der Waals surface area contributed by atoms with Crippen molar-refractivity contribution in [1.29, 1.82) is 0 Å². The summed E-state index contributed by atoms with van der Waals surface area (Å²) in [6.45, 7) is 1.70. The quantitative estimate of drug-likeness (QED) is 0.755. The summed E-state index contributed by atoms with van der Waals surface area (Å²) in [6.07, 6.45) is 2.33. The van der Waals surface area contributed by atoms with Crippen molar-refractivity contribution < 1.29 is 13.6 Å². The highest BCUT2D eigenvalue weighted by Gasteiger charge is 2.28. The summed E-state index contributed by atoms with van der Waals surface area (Å²) in [5.41, 5.74) is 2.23. The Hall–Kier alpha value is -2.89. The maximum Gasteiger partial charge on any atom is 0.317 e. The normalized spacial score (nSPS) is 17.2. The Bertz CT molecular complexity index is 907. The summed E-state index contributed by atoms with van der Waals surface area (Å²) in [4.78, 5) is 18.9. The van der Waals surface area contributed by atoms with E-state index in [0.717, 1.165) is 23.9 Å². The molecular formula is C21H22FN3O2. The number of fused-ring (bicyclic) bond motifs is 1. The zero-order valence-electron chi connectivity index (χ0n) is 15.0. The molecule has 1 N–H and O–H groups in total. The SMILES string of the molecule is O=C(NCCc1ccccc1F)N1CCC[C@@H](c2nc3ccccc3o2)C1. The molecule has 140 valence electrons. The van der Waals surface area contributed by atoms with E-state index in [0.29, 0.717) is 37.5 Å². The molecule has 1 aliphatic rings. The van der Waals surface area contributed by atoms with E-state index < -0.39 is 0 Å². The molecule has 2 aromatic carbocycles. The predicted octanol–water partition coefficient (Wildman–Crippen LogP) is 4.10. The molecule has 1 fully saturated rings. The molecule has 0 bridgehead atoms. The van der Waals surface area contributed by atoms with Gasteiger partial charge in [-0.3, -0.25) is 0 Å². The molecule has 2 heterocycles. The molecule has 1 saturated heterocycles. The summed E-state index contributed by atoms with van der Waals surface area (Å²) in [6, 6.07) is 14.2. The van der Waals surface area contributed by atoms with Crippen molar-refractivity contribution in [1.82, 2.24) is 15.2 Å². The lowest BCUT2D eigenvalue weighted by Crippen LogP contribution is -2.45. The average molecular weight is 367 g/mol. The van der Waals surface area contributed by atoms with E-state index in [2.05, 4.69) is 10.3 Å². The van der Waals surface area contributed by atoms with Crippen molar-refractivity contribution in [3.05, 3.63) is 65.8 Å². The zero-order chi connectivity index (χ0) is 18.6. The number of benzene rings is 2. The van der Waals surface area contributed by atoms with Crippen LogP contribution in [0.3, 0.4) is 0 Å². The van der Waals surface area contributed by atoms with Crippen molar-refractivity contribution in [2.45, 2.75) is 25.2 Å². The van der Waals surface area contributed by atoms with Crippen LogP contribution >= 0.6 is 0 Å². The summed E-state index contributed by atoms with van der Waals surface area (Å²) >= 11 is 0. The molecule has 0 saturated carbocycles. The first kappa shape index (κ1) is 17.5. The third-order valence-electron chi connectivity index (χ3n) is 5.00. The second-order valence-electron chi connectivity index (χ2n) is 6.88. The molecule has 6 heteroatoms. The number of carbonyl (C=O) groups excluding carboxylic acids is 1. The van der Waals surface area contributed by atoms with E-state index in [1.165, 1.54) is 6.07 Å². The Balaban J connectivity index is 1.34. The third-order valence-corrected chi connectivity index (χ3v) is 5.00. The van der Waals surface area contributed by atoms with Crippen LogP contribution in [-0.2, 0) is 6.42 Å². The number of rotatable bonds is 4. The van der Waals surface area contributed by atoms with Crippen LogP contribution in [0.25, 0.3) is 11.1 Å². The first-order chi connectivity index (χ1) is 13.2. The topological polar surface area (TPSA) is 58.4 Å². The molecule has 1 atom stereocenters. The number of nitrogens with zero attached hydrogens (tertiary/aromatic N) is 2. The molecule has 5 nitrogen and oxygen atoms in total. The maximum absolute atomic E-state index is 13.7. The van der Waals surface area contributed by atoms with Crippen LogP contribution in [0.5, 0.6) is 0 Å². The fraction of sp³-hybridized carbons (Fsp3) is 0.333. The Kier molecular flexibility index (Phi) is 5.05. The van der Waals surface area contributed by atoms with Crippen LogP contribution in [0.15, 0.2) is 52.9 Å². The van der Waals surface area contributed by atoms with Gasteiger partial charge in [0.25, 0.3) is 0 Å². The van der Waals surface area contributed by atoms with Gasteiger partial charge in [0.1, 0.15) is 11.3 Å². The molecule has 27 heavy (non-hydrogen) atoms. The van der Waals surface area contributed by atoms with Gasteiger partial charge >= 0.3 is 6.03 Å². The van der Waals surface area contributed by atoms with E-state index in [1.807, 2.05) is 24.3 Å². The average Bonchev–Trinajstić information content (AvgIpc) is 3.14. The highest BCUT2D eigenvalue weighted by atomic mass is 19.1. The molecule has 0 spiro atoms. The van der Waals surface area contributed by atoms with Crippen LogP contribution < -0.4 is 5.32 Å². The van der Waals surface area contributed by atoms with Crippen molar-refractivity contribution >= 4 is 17.1 Å². The number of aromatic nitrogens is 1. The molecule has 0 aliphatic carbocycles. The van der Waals surface area contributed by atoms with E-state index >= 15 is 0 Å².